The standard InChI is InChI=1S/C9H6F5/c1-5(9(12,13)14)7-4-6(10)2-3-8(7)11/h2-5H,1H2. The molecule has 1 rings (SSSR count). The molecule has 77 valence electrons. The summed E-state index contributed by atoms with van der Waals surface area (Å²) in [5.74, 6) is -4.28. The van der Waals surface area contributed by atoms with E-state index >= 15 is 0 Å². The monoisotopic (exact) mass is 209 g/mol. The van der Waals surface area contributed by atoms with E-state index in [1.807, 2.05) is 0 Å². The number of hydrogen-bond acceptors (Lipinski definition) is 0. The highest BCUT2D eigenvalue weighted by molar-refractivity contribution is 5.25. The lowest BCUT2D eigenvalue weighted by atomic mass is 10.00. The first-order valence-electron chi connectivity index (χ1n) is 3.67. The summed E-state index contributed by atoms with van der Waals surface area (Å²) in [6.45, 7) is 2.75. The summed E-state index contributed by atoms with van der Waals surface area (Å²) in [7, 11) is 0. The summed E-state index contributed by atoms with van der Waals surface area (Å²) in [4.78, 5) is 0. The summed E-state index contributed by atoms with van der Waals surface area (Å²) in [5.41, 5.74) is -0.780. The van der Waals surface area contributed by atoms with E-state index in [2.05, 4.69) is 6.92 Å². The van der Waals surface area contributed by atoms with Crippen LogP contribution in [0, 0.1) is 18.6 Å². The van der Waals surface area contributed by atoms with Crippen molar-refractivity contribution in [2.24, 2.45) is 0 Å². The van der Waals surface area contributed by atoms with Crippen LogP contribution < -0.4 is 0 Å². The molecule has 0 amide bonds. The van der Waals surface area contributed by atoms with Gasteiger partial charge in [-0.05, 0) is 25.1 Å². The number of alkyl halides is 3. The van der Waals surface area contributed by atoms with Crippen LogP contribution >= 0.6 is 0 Å². The minimum atomic E-state index is -4.67. The van der Waals surface area contributed by atoms with Crippen molar-refractivity contribution in [2.45, 2.75) is 12.1 Å². The molecule has 1 unspecified atom stereocenters. The minimum absolute atomic E-state index is 0.500. The van der Waals surface area contributed by atoms with E-state index in [1.165, 1.54) is 0 Å². The molecule has 5 heteroatoms. The van der Waals surface area contributed by atoms with Crippen molar-refractivity contribution in [3.8, 4) is 0 Å². The average Bonchev–Trinajstić information content (AvgIpc) is 2.06. The maximum atomic E-state index is 12.8. The molecule has 0 aromatic heterocycles. The molecule has 14 heavy (non-hydrogen) atoms. The van der Waals surface area contributed by atoms with Crippen LogP contribution in [-0.4, -0.2) is 6.18 Å². The van der Waals surface area contributed by atoms with E-state index < -0.39 is 29.3 Å². The van der Waals surface area contributed by atoms with Gasteiger partial charge < -0.3 is 0 Å². The topological polar surface area (TPSA) is 0 Å². The first kappa shape index (κ1) is 10.9. The summed E-state index contributed by atoms with van der Waals surface area (Å²) < 4.78 is 61.7. The second-order valence-corrected chi connectivity index (χ2v) is 2.76. The highest BCUT2D eigenvalue weighted by Crippen LogP contribution is 2.35. The number of hydrogen-bond donors (Lipinski definition) is 0. The Hall–Kier alpha value is -1.13. The van der Waals surface area contributed by atoms with Crippen LogP contribution in [0.15, 0.2) is 18.2 Å². The van der Waals surface area contributed by atoms with E-state index in [4.69, 9.17) is 0 Å². The Bertz CT molecular complexity index is 328. The summed E-state index contributed by atoms with van der Waals surface area (Å²) >= 11 is 0. The van der Waals surface area contributed by atoms with E-state index in [0.717, 1.165) is 6.07 Å². The molecule has 1 atom stereocenters. The predicted molar refractivity (Wildman–Crippen MR) is 40.5 cm³/mol. The second kappa shape index (κ2) is 3.55. The molecule has 0 saturated heterocycles. The summed E-state index contributed by atoms with van der Waals surface area (Å²) in [6.07, 6.45) is -4.67. The van der Waals surface area contributed by atoms with Crippen molar-refractivity contribution < 1.29 is 22.0 Å². The van der Waals surface area contributed by atoms with Crippen LogP contribution in [0.1, 0.15) is 11.5 Å². The number of halogens is 5. The Morgan fingerprint density at radius 2 is 1.71 bits per heavy atom. The zero-order chi connectivity index (χ0) is 10.9. The Morgan fingerprint density at radius 3 is 2.21 bits per heavy atom. The zero-order valence-corrected chi connectivity index (χ0v) is 6.91. The minimum Gasteiger partial charge on any atom is -0.207 e. The van der Waals surface area contributed by atoms with E-state index in [1.54, 1.807) is 0 Å². The quantitative estimate of drug-likeness (QED) is 0.621. The van der Waals surface area contributed by atoms with Gasteiger partial charge in [0.15, 0.2) is 0 Å². The molecular formula is C9H6F5. The van der Waals surface area contributed by atoms with Gasteiger partial charge in [-0.2, -0.15) is 13.2 Å². The van der Waals surface area contributed by atoms with Crippen molar-refractivity contribution in [3.63, 3.8) is 0 Å². The van der Waals surface area contributed by atoms with Crippen LogP contribution in [0.3, 0.4) is 0 Å². The Balaban J connectivity index is 3.12. The molecule has 1 aromatic rings. The maximum absolute atomic E-state index is 12.8. The van der Waals surface area contributed by atoms with Crippen molar-refractivity contribution in [2.75, 3.05) is 0 Å². The number of rotatable bonds is 1. The van der Waals surface area contributed by atoms with Crippen LogP contribution in [0.25, 0.3) is 0 Å². The lowest BCUT2D eigenvalue weighted by Gasteiger charge is -2.16. The third kappa shape index (κ3) is 2.21. The molecule has 0 bridgehead atoms. The Labute approximate surface area is 77.4 Å². The third-order valence-corrected chi connectivity index (χ3v) is 1.73. The third-order valence-electron chi connectivity index (χ3n) is 1.73. The average molecular weight is 209 g/mol. The molecular weight excluding hydrogens is 203 g/mol. The highest BCUT2D eigenvalue weighted by atomic mass is 19.4. The highest BCUT2D eigenvalue weighted by Gasteiger charge is 2.38. The molecule has 0 heterocycles. The van der Waals surface area contributed by atoms with Crippen molar-refractivity contribution in [3.05, 3.63) is 42.3 Å². The van der Waals surface area contributed by atoms with Gasteiger partial charge in [-0.15, -0.1) is 0 Å². The molecule has 0 fully saturated rings. The van der Waals surface area contributed by atoms with Gasteiger partial charge in [0.05, 0.1) is 5.92 Å². The molecule has 0 N–H and O–H groups in total. The van der Waals surface area contributed by atoms with Gasteiger partial charge in [0, 0.05) is 5.56 Å². The smallest absolute Gasteiger partial charge is 0.207 e. The largest absolute Gasteiger partial charge is 0.395 e. The van der Waals surface area contributed by atoms with Crippen molar-refractivity contribution in [1.29, 1.82) is 0 Å². The van der Waals surface area contributed by atoms with Crippen molar-refractivity contribution in [1.82, 2.24) is 0 Å². The fourth-order valence-corrected chi connectivity index (χ4v) is 0.958. The second-order valence-electron chi connectivity index (χ2n) is 2.76. The van der Waals surface area contributed by atoms with Crippen LogP contribution in [0.2, 0.25) is 0 Å². The normalized spacial score (nSPS) is 14.1. The zero-order valence-electron chi connectivity index (χ0n) is 6.91. The molecule has 1 radical (unpaired) electrons. The first-order chi connectivity index (χ1) is 6.32. The summed E-state index contributed by atoms with van der Waals surface area (Å²) in [5, 5.41) is 0. The molecule has 1 aromatic carbocycles. The molecule has 0 aliphatic heterocycles. The van der Waals surface area contributed by atoms with Crippen LogP contribution in [-0.2, 0) is 0 Å². The Kier molecular flexibility index (Phi) is 2.78. The lowest BCUT2D eigenvalue weighted by molar-refractivity contribution is -0.140. The van der Waals surface area contributed by atoms with Gasteiger partial charge in [0.1, 0.15) is 11.6 Å². The van der Waals surface area contributed by atoms with Crippen LogP contribution in [0.4, 0.5) is 22.0 Å². The van der Waals surface area contributed by atoms with Crippen molar-refractivity contribution >= 4 is 0 Å². The first-order valence-corrected chi connectivity index (χ1v) is 3.67. The van der Waals surface area contributed by atoms with E-state index in [-0.39, 0.29) is 0 Å². The predicted octanol–water partition coefficient (Wildman–Crippen LogP) is 3.44. The van der Waals surface area contributed by atoms with Gasteiger partial charge in [0.25, 0.3) is 0 Å². The van der Waals surface area contributed by atoms with Gasteiger partial charge in [-0.3, -0.25) is 0 Å². The summed E-state index contributed by atoms with van der Waals surface area (Å²) in [6, 6.07) is 1.90. The van der Waals surface area contributed by atoms with Gasteiger partial charge >= 0.3 is 6.18 Å². The SMILES string of the molecule is [CH2]C(c1cc(F)ccc1F)C(F)(F)F. The molecule has 0 saturated carbocycles. The van der Waals surface area contributed by atoms with E-state index in [0.29, 0.717) is 12.1 Å². The molecule has 0 spiro atoms. The molecule has 0 aliphatic rings. The maximum Gasteiger partial charge on any atom is 0.395 e. The van der Waals surface area contributed by atoms with Gasteiger partial charge in [-0.25, -0.2) is 8.78 Å². The molecule has 0 aliphatic carbocycles. The van der Waals surface area contributed by atoms with Gasteiger partial charge in [-0.1, -0.05) is 0 Å². The fourth-order valence-electron chi connectivity index (χ4n) is 0.958. The van der Waals surface area contributed by atoms with Gasteiger partial charge in [0.2, 0.25) is 0 Å². The Morgan fingerprint density at radius 1 is 1.14 bits per heavy atom. The number of benzene rings is 1. The lowest BCUT2D eigenvalue weighted by Crippen LogP contribution is -2.19. The van der Waals surface area contributed by atoms with E-state index in [9.17, 15) is 22.0 Å². The fraction of sp³-hybridized carbons (Fsp3) is 0.222. The molecule has 0 nitrogen and oxygen atoms in total. The van der Waals surface area contributed by atoms with Crippen LogP contribution in [0.5, 0.6) is 0 Å².